The lowest BCUT2D eigenvalue weighted by Gasteiger charge is -2.11. The minimum Gasteiger partial charge on any atom is -0.324 e. The van der Waals surface area contributed by atoms with Gasteiger partial charge in [-0.2, -0.15) is 0 Å². The molecule has 0 saturated heterocycles. The smallest absolute Gasteiger partial charge is 0.239 e. The highest BCUT2D eigenvalue weighted by atomic mass is 35.5. The maximum atomic E-state index is 11.4. The molecule has 2 nitrogen and oxygen atoms in total. The third-order valence-corrected chi connectivity index (χ3v) is 2.90. The van der Waals surface area contributed by atoms with E-state index in [0.29, 0.717) is 0 Å². The molecule has 0 atom stereocenters. The third-order valence-electron chi connectivity index (χ3n) is 2.66. The summed E-state index contributed by atoms with van der Waals surface area (Å²) in [6.45, 7) is 1.99. The van der Waals surface area contributed by atoms with E-state index in [2.05, 4.69) is 5.32 Å². The highest BCUT2D eigenvalue weighted by Crippen LogP contribution is 2.28. The molecule has 0 bridgehead atoms. The number of alkyl halides is 1. The molecule has 0 aliphatic heterocycles. The van der Waals surface area contributed by atoms with E-state index in [1.807, 2.05) is 55.5 Å². The van der Waals surface area contributed by atoms with Gasteiger partial charge in [-0.25, -0.2) is 0 Å². The Labute approximate surface area is 112 Å². The second-order valence-corrected chi connectivity index (χ2v) is 4.36. The van der Waals surface area contributed by atoms with Gasteiger partial charge in [-0.05, 0) is 24.1 Å². The topological polar surface area (TPSA) is 29.1 Å². The molecule has 0 aliphatic carbocycles. The van der Waals surface area contributed by atoms with Crippen molar-refractivity contribution >= 4 is 23.2 Å². The Morgan fingerprint density at radius 3 is 2.56 bits per heavy atom. The number of benzene rings is 2. The lowest BCUT2D eigenvalue weighted by molar-refractivity contribution is -0.113. The van der Waals surface area contributed by atoms with Gasteiger partial charge in [0.1, 0.15) is 5.88 Å². The summed E-state index contributed by atoms with van der Waals surface area (Å²) in [7, 11) is 0. The first-order chi connectivity index (χ1) is 8.70. The average Bonchev–Trinajstić information content (AvgIpc) is 2.40. The van der Waals surface area contributed by atoms with Crippen molar-refractivity contribution in [3.05, 3.63) is 54.1 Å². The van der Waals surface area contributed by atoms with Gasteiger partial charge >= 0.3 is 0 Å². The predicted molar refractivity (Wildman–Crippen MR) is 76.0 cm³/mol. The molecule has 2 aromatic rings. The van der Waals surface area contributed by atoms with Crippen molar-refractivity contribution < 1.29 is 4.79 Å². The second-order valence-electron chi connectivity index (χ2n) is 4.10. The van der Waals surface area contributed by atoms with Crippen LogP contribution in [-0.2, 0) is 4.79 Å². The molecule has 18 heavy (non-hydrogen) atoms. The minimum atomic E-state index is -0.195. The van der Waals surface area contributed by atoms with Crippen molar-refractivity contribution in [2.75, 3.05) is 11.2 Å². The fourth-order valence-corrected chi connectivity index (χ4v) is 1.88. The van der Waals surface area contributed by atoms with Gasteiger partial charge in [0.15, 0.2) is 0 Å². The van der Waals surface area contributed by atoms with Gasteiger partial charge < -0.3 is 5.32 Å². The van der Waals surface area contributed by atoms with E-state index in [1.165, 1.54) is 0 Å². The number of carbonyl (C=O) groups is 1. The molecule has 0 radical (unpaired) electrons. The molecule has 1 amide bonds. The van der Waals surface area contributed by atoms with Crippen LogP contribution in [-0.4, -0.2) is 11.8 Å². The van der Waals surface area contributed by atoms with Gasteiger partial charge in [0.25, 0.3) is 0 Å². The zero-order valence-electron chi connectivity index (χ0n) is 10.1. The first-order valence-electron chi connectivity index (χ1n) is 5.72. The number of hydrogen-bond donors (Lipinski definition) is 1. The summed E-state index contributed by atoms with van der Waals surface area (Å²) in [5, 5.41) is 2.83. The molecule has 0 heterocycles. The zero-order chi connectivity index (χ0) is 13.0. The highest BCUT2D eigenvalue weighted by Gasteiger charge is 2.07. The van der Waals surface area contributed by atoms with E-state index in [9.17, 15) is 4.79 Å². The van der Waals surface area contributed by atoms with Gasteiger partial charge in [0.2, 0.25) is 5.91 Å². The first kappa shape index (κ1) is 12.7. The van der Waals surface area contributed by atoms with Crippen molar-refractivity contribution in [1.29, 1.82) is 0 Å². The normalized spacial score (nSPS) is 10.1. The van der Waals surface area contributed by atoms with E-state index < -0.39 is 0 Å². The molecule has 0 aliphatic rings. The summed E-state index contributed by atoms with van der Waals surface area (Å²) in [5.41, 5.74) is 3.97. The van der Waals surface area contributed by atoms with Crippen molar-refractivity contribution in [2.24, 2.45) is 0 Å². The Kier molecular flexibility index (Phi) is 4.00. The quantitative estimate of drug-likeness (QED) is 0.834. The van der Waals surface area contributed by atoms with Crippen LogP contribution in [0, 0.1) is 6.92 Å². The summed E-state index contributed by atoms with van der Waals surface area (Å²) in [5.74, 6) is -0.234. The Morgan fingerprint density at radius 1 is 1.17 bits per heavy atom. The van der Waals surface area contributed by atoms with Crippen LogP contribution in [0.25, 0.3) is 11.1 Å². The van der Waals surface area contributed by atoms with Gasteiger partial charge in [0.05, 0.1) is 0 Å². The number of carbonyl (C=O) groups excluding carboxylic acids is 1. The SMILES string of the molecule is Cc1ccc(-c2ccccc2)c(NC(=O)CCl)c1. The van der Waals surface area contributed by atoms with Crippen molar-refractivity contribution in [3.8, 4) is 11.1 Å². The van der Waals surface area contributed by atoms with Crippen LogP contribution in [0.2, 0.25) is 0 Å². The van der Waals surface area contributed by atoms with Crippen LogP contribution in [0.1, 0.15) is 5.56 Å². The summed E-state index contributed by atoms with van der Waals surface area (Å²) in [6.07, 6.45) is 0. The number of amides is 1. The highest BCUT2D eigenvalue weighted by molar-refractivity contribution is 6.29. The van der Waals surface area contributed by atoms with Crippen molar-refractivity contribution in [1.82, 2.24) is 0 Å². The fourth-order valence-electron chi connectivity index (χ4n) is 1.81. The molecule has 2 aromatic carbocycles. The number of anilines is 1. The van der Waals surface area contributed by atoms with Crippen LogP contribution in [0.15, 0.2) is 48.5 Å². The molecule has 0 fully saturated rings. The number of aryl methyl sites for hydroxylation is 1. The zero-order valence-corrected chi connectivity index (χ0v) is 10.9. The van der Waals surface area contributed by atoms with Crippen LogP contribution < -0.4 is 5.32 Å². The van der Waals surface area contributed by atoms with Crippen LogP contribution in [0.3, 0.4) is 0 Å². The van der Waals surface area contributed by atoms with Gasteiger partial charge in [-0.1, -0.05) is 42.5 Å². The monoisotopic (exact) mass is 259 g/mol. The lowest BCUT2D eigenvalue weighted by atomic mass is 10.0. The Bertz CT molecular complexity index is 552. The number of rotatable bonds is 3. The van der Waals surface area contributed by atoms with E-state index in [-0.39, 0.29) is 11.8 Å². The molecule has 0 saturated carbocycles. The maximum Gasteiger partial charge on any atom is 0.239 e. The summed E-state index contributed by atoms with van der Waals surface area (Å²) >= 11 is 5.53. The molecule has 1 N–H and O–H groups in total. The van der Waals surface area contributed by atoms with E-state index in [4.69, 9.17) is 11.6 Å². The number of hydrogen-bond acceptors (Lipinski definition) is 1. The van der Waals surface area contributed by atoms with Crippen LogP contribution in [0.5, 0.6) is 0 Å². The number of halogens is 1. The van der Waals surface area contributed by atoms with Crippen molar-refractivity contribution in [2.45, 2.75) is 6.92 Å². The molecular weight excluding hydrogens is 246 g/mol. The van der Waals surface area contributed by atoms with Crippen LogP contribution >= 0.6 is 11.6 Å². The lowest BCUT2D eigenvalue weighted by Crippen LogP contribution is -2.13. The maximum absolute atomic E-state index is 11.4. The van der Waals surface area contributed by atoms with Gasteiger partial charge in [-0.3, -0.25) is 4.79 Å². The Morgan fingerprint density at radius 2 is 1.89 bits per heavy atom. The van der Waals surface area contributed by atoms with Crippen molar-refractivity contribution in [3.63, 3.8) is 0 Å². The standard InChI is InChI=1S/C15H14ClNO/c1-11-7-8-13(12-5-3-2-4-6-12)14(9-11)17-15(18)10-16/h2-9H,10H2,1H3,(H,17,18). The molecule has 0 spiro atoms. The molecule has 0 unspecified atom stereocenters. The molecule has 3 heteroatoms. The Hall–Kier alpha value is -1.80. The average molecular weight is 260 g/mol. The minimum absolute atomic E-state index is 0.0395. The molecule has 2 rings (SSSR count). The number of nitrogens with one attached hydrogen (secondary N) is 1. The summed E-state index contributed by atoms with van der Waals surface area (Å²) in [4.78, 5) is 11.4. The Balaban J connectivity index is 2.44. The second kappa shape index (κ2) is 5.69. The van der Waals surface area contributed by atoms with Gasteiger partial charge in [0, 0.05) is 11.3 Å². The van der Waals surface area contributed by atoms with E-state index in [0.717, 1.165) is 22.4 Å². The van der Waals surface area contributed by atoms with Gasteiger partial charge in [-0.15, -0.1) is 11.6 Å². The predicted octanol–water partition coefficient (Wildman–Crippen LogP) is 3.84. The van der Waals surface area contributed by atoms with Crippen LogP contribution in [0.4, 0.5) is 5.69 Å². The first-order valence-corrected chi connectivity index (χ1v) is 6.26. The molecular formula is C15H14ClNO. The molecule has 92 valence electrons. The molecule has 0 aromatic heterocycles. The summed E-state index contributed by atoms with van der Waals surface area (Å²) in [6, 6.07) is 15.9. The van der Waals surface area contributed by atoms with E-state index in [1.54, 1.807) is 0 Å². The van der Waals surface area contributed by atoms with E-state index >= 15 is 0 Å². The third kappa shape index (κ3) is 2.90. The largest absolute Gasteiger partial charge is 0.324 e. The fraction of sp³-hybridized carbons (Fsp3) is 0.133. The summed E-state index contributed by atoms with van der Waals surface area (Å²) < 4.78 is 0.